The summed E-state index contributed by atoms with van der Waals surface area (Å²) in [5.41, 5.74) is 2.01. The highest BCUT2D eigenvalue weighted by atomic mass is 16.5. The molecule has 2 heterocycles. The van der Waals surface area contributed by atoms with Crippen molar-refractivity contribution in [1.82, 2.24) is 15.1 Å². The molecule has 1 aliphatic rings. The summed E-state index contributed by atoms with van der Waals surface area (Å²) in [4.78, 5) is 12.6. The van der Waals surface area contributed by atoms with Gasteiger partial charge in [0.2, 0.25) is 5.88 Å². The van der Waals surface area contributed by atoms with Crippen molar-refractivity contribution in [2.24, 2.45) is 0 Å². The molecule has 4 aromatic rings. The van der Waals surface area contributed by atoms with Crippen molar-refractivity contribution in [1.29, 1.82) is 0 Å². The lowest BCUT2D eigenvalue weighted by atomic mass is 9.93. The number of fused-ring (bicyclic) bond motifs is 1. The first-order chi connectivity index (χ1) is 16.2. The number of para-hydroxylation sites is 1. The van der Waals surface area contributed by atoms with Crippen LogP contribution in [0, 0.1) is 0 Å². The fourth-order valence-electron chi connectivity index (χ4n) is 4.26. The Balaban J connectivity index is 1.28. The van der Waals surface area contributed by atoms with Gasteiger partial charge in [-0.1, -0.05) is 42.5 Å². The van der Waals surface area contributed by atoms with E-state index in [9.17, 15) is 9.90 Å². The summed E-state index contributed by atoms with van der Waals surface area (Å²) in [5, 5.41) is 18.2. The number of benzene rings is 2. The van der Waals surface area contributed by atoms with Gasteiger partial charge in [-0.3, -0.25) is 9.48 Å². The van der Waals surface area contributed by atoms with Crippen molar-refractivity contribution in [3.8, 4) is 5.88 Å². The van der Waals surface area contributed by atoms with Crippen molar-refractivity contribution >= 4 is 16.8 Å². The number of amides is 1. The third-order valence-electron chi connectivity index (χ3n) is 6.07. The standard InChI is InChI=1S/C26H27N3O4/c30-20-12-10-19(11-13-20)27-25(31)24-15-14-21(33-24)16-29-23-9-5-4-8-22(23)26(28-29)32-17-18-6-2-1-3-7-18/h1-9,14-15,19-20,30H,10-13,16-17H2,(H,27,31). The zero-order valence-corrected chi connectivity index (χ0v) is 18.3. The normalized spacial score (nSPS) is 18.3. The minimum Gasteiger partial charge on any atom is -0.471 e. The molecule has 0 saturated heterocycles. The van der Waals surface area contributed by atoms with Gasteiger partial charge < -0.3 is 19.6 Å². The topological polar surface area (TPSA) is 89.5 Å². The molecule has 1 saturated carbocycles. The lowest BCUT2D eigenvalue weighted by Gasteiger charge is -2.25. The molecule has 170 valence electrons. The first-order valence-electron chi connectivity index (χ1n) is 11.4. The van der Waals surface area contributed by atoms with Crippen molar-refractivity contribution in [2.75, 3.05) is 0 Å². The van der Waals surface area contributed by atoms with Crippen molar-refractivity contribution in [3.05, 3.63) is 83.8 Å². The number of hydrogen-bond acceptors (Lipinski definition) is 5. The minimum atomic E-state index is -0.251. The Morgan fingerprint density at radius 1 is 1.03 bits per heavy atom. The number of carbonyl (C=O) groups excluding carboxylic acids is 1. The Morgan fingerprint density at radius 2 is 1.79 bits per heavy atom. The maximum Gasteiger partial charge on any atom is 0.287 e. The number of nitrogens with one attached hydrogen (secondary N) is 1. The molecular formula is C26H27N3O4. The van der Waals surface area contributed by atoms with Crippen molar-refractivity contribution in [3.63, 3.8) is 0 Å². The highest BCUT2D eigenvalue weighted by Crippen LogP contribution is 2.26. The van der Waals surface area contributed by atoms with Gasteiger partial charge >= 0.3 is 0 Å². The van der Waals surface area contributed by atoms with E-state index in [0.29, 0.717) is 24.8 Å². The Kier molecular flexibility index (Phi) is 6.13. The van der Waals surface area contributed by atoms with E-state index in [1.165, 1.54) is 0 Å². The molecule has 2 aromatic carbocycles. The molecule has 33 heavy (non-hydrogen) atoms. The predicted molar refractivity (Wildman–Crippen MR) is 124 cm³/mol. The predicted octanol–water partition coefficient (Wildman–Crippen LogP) is 4.29. The largest absolute Gasteiger partial charge is 0.471 e. The van der Waals surface area contributed by atoms with Crippen LogP contribution in [0.2, 0.25) is 0 Å². The number of aromatic nitrogens is 2. The molecule has 7 nitrogen and oxygen atoms in total. The van der Waals surface area contributed by atoms with Crippen LogP contribution in [0.1, 0.15) is 47.6 Å². The Labute approximate surface area is 192 Å². The van der Waals surface area contributed by atoms with Gasteiger partial charge in [-0.2, -0.15) is 0 Å². The van der Waals surface area contributed by atoms with Crippen LogP contribution in [0.15, 0.2) is 71.1 Å². The molecular weight excluding hydrogens is 418 g/mol. The highest BCUT2D eigenvalue weighted by Gasteiger charge is 2.22. The molecule has 1 amide bonds. The molecule has 0 spiro atoms. The fraction of sp³-hybridized carbons (Fsp3) is 0.308. The van der Waals surface area contributed by atoms with E-state index in [0.717, 1.165) is 42.1 Å². The maximum absolute atomic E-state index is 12.6. The van der Waals surface area contributed by atoms with Gasteiger partial charge in [-0.25, -0.2) is 0 Å². The number of hydrogen-bond donors (Lipinski definition) is 2. The molecule has 1 fully saturated rings. The van der Waals surface area contributed by atoms with E-state index < -0.39 is 0 Å². The van der Waals surface area contributed by atoms with Gasteiger partial charge in [-0.05, 0) is 55.5 Å². The molecule has 1 aliphatic carbocycles. The molecule has 0 aliphatic heterocycles. The summed E-state index contributed by atoms with van der Waals surface area (Å²) in [6.07, 6.45) is 2.75. The molecule has 0 radical (unpaired) electrons. The van der Waals surface area contributed by atoms with Gasteiger partial charge in [0.05, 0.1) is 23.6 Å². The average molecular weight is 446 g/mol. The SMILES string of the molecule is O=C(NC1CCC(O)CC1)c1ccc(Cn2nc(OCc3ccccc3)c3ccccc32)o1. The summed E-state index contributed by atoms with van der Waals surface area (Å²) in [7, 11) is 0. The Bertz CT molecular complexity index is 1220. The van der Waals surface area contributed by atoms with E-state index >= 15 is 0 Å². The second-order valence-electron chi connectivity index (χ2n) is 8.50. The van der Waals surface area contributed by atoms with Gasteiger partial charge in [0, 0.05) is 6.04 Å². The Morgan fingerprint density at radius 3 is 2.61 bits per heavy atom. The second kappa shape index (κ2) is 9.50. The average Bonchev–Trinajstić information content (AvgIpc) is 3.45. The van der Waals surface area contributed by atoms with Gasteiger partial charge in [0.15, 0.2) is 5.76 Å². The maximum atomic E-state index is 12.6. The van der Waals surface area contributed by atoms with Gasteiger partial charge in [-0.15, -0.1) is 5.10 Å². The molecule has 2 aromatic heterocycles. The van der Waals surface area contributed by atoms with Crippen LogP contribution < -0.4 is 10.1 Å². The molecule has 0 unspecified atom stereocenters. The van der Waals surface area contributed by atoms with E-state index in [1.807, 2.05) is 59.3 Å². The van der Waals surface area contributed by atoms with E-state index in [2.05, 4.69) is 10.4 Å². The smallest absolute Gasteiger partial charge is 0.287 e. The lowest BCUT2D eigenvalue weighted by molar-refractivity contribution is 0.0841. The van der Waals surface area contributed by atoms with E-state index in [1.54, 1.807) is 12.1 Å². The molecule has 2 N–H and O–H groups in total. The summed E-state index contributed by atoms with van der Waals surface area (Å²) in [6, 6.07) is 21.5. The zero-order chi connectivity index (χ0) is 22.6. The third-order valence-corrected chi connectivity index (χ3v) is 6.07. The summed E-state index contributed by atoms with van der Waals surface area (Å²) in [6.45, 7) is 0.823. The van der Waals surface area contributed by atoms with Crippen molar-refractivity contribution < 1.29 is 19.1 Å². The first kappa shape index (κ1) is 21.3. The number of furan rings is 1. The monoisotopic (exact) mass is 445 g/mol. The van der Waals surface area contributed by atoms with E-state index in [-0.39, 0.29) is 23.8 Å². The van der Waals surface area contributed by atoms with Crippen LogP contribution in [0.3, 0.4) is 0 Å². The molecule has 0 bridgehead atoms. The molecule has 0 atom stereocenters. The number of carbonyl (C=O) groups is 1. The first-order valence-corrected chi connectivity index (χ1v) is 11.4. The molecule has 5 rings (SSSR count). The van der Waals surface area contributed by atoms with Crippen LogP contribution in [0.25, 0.3) is 10.9 Å². The number of nitrogens with zero attached hydrogens (tertiary/aromatic N) is 2. The van der Waals surface area contributed by atoms with Crippen molar-refractivity contribution in [2.45, 2.75) is 51.0 Å². The molecule has 7 heteroatoms. The highest BCUT2D eigenvalue weighted by molar-refractivity contribution is 5.91. The van der Waals surface area contributed by atoms with E-state index in [4.69, 9.17) is 9.15 Å². The van der Waals surface area contributed by atoms with Crippen LogP contribution >= 0.6 is 0 Å². The number of ether oxygens (including phenoxy) is 1. The third kappa shape index (κ3) is 4.93. The quantitative estimate of drug-likeness (QED) is 0.443. The van der Waals surface area contributed by atoms with Gasteiger partial charge in [0.25, 0.3) is 5.91 Å². The minimum absolute atomic E-state index is 0.0776. The van der Waals surface area contributed by atoms with Gasteiger partial charge in [0.1, 0.15) is 12.4 Å². The Hall–Kier alpha value is -3.58. The summed E-state index contributed by atoms with van der Waals surface area (Å²) in [5.74, 6) is 1.27. The zero-order valence-electron chi connectivity index (χ0n) is 18.3. The van der Waals surface area contributed by atoms with Crippen LogP contribution in [-0.4, -0.2) is 32.9 Å². The summed E-state index contributed by atoms with van der Waals surface area (Å²) < 4.78 is 13.7. The second-order valence-corrected chi connectivity index (χ2v) is 8.50. The number of rotatable bonds is 7. The lowest BCUT2D eigenvalue weighted by Crippen LogP contribution is -2.38. The van der Waals surface area contributed by atoms with Crippen LogP contribution in [-0.2, 0) is 13.2 Å². The van der Waals surface area contributed by atoms with Crippen LogP contribution in [0.4, 0.5) is 0 Å². The number of aliphatic hydroxyl groups is 1. The van der Waals surface area contributed by atoms with Crippen LogP contribution in [0.5, 0.6) is 5.88 Å². The summed E-state index contributed by atoms with van der Waals surface area (Å²) >= 11 is 0. The fourth-order valence-corrected chi connectivity index (χ4v) is 4.26. The number of aliphatic hydroxyl groups excluding tert-OH is 1.